The van der Waals surface area contributed by atoms with Gasteiger partial charge >= 0.3 is 0 Å². The summed E-state index contributed by atoms with van der Waals surface area (Å²) in [6.45, 7) is 0. The van der Waals surface area contributed by atoms with Gasteiger partial charge in [-0.25, -0.2) is 0 Å². The molecule has 1 saturated carbocycles. The molecule has 3 nitrogen and oxygen atoms in total. The van der Waals surface area contributed by atoms with Crippen LogP contribution in [0.4, 0.5) is 0 Å². The van der Waals surface area contributed by atoms with Gasteiger partial charge in [0.1, 0.15) is 0 Å². The highest BCUT2D eigenvalue weighted by Gasteiger charge is 2.34. The fourth-order valence-corrected chi connectivity index (χ4v) is 2.31. The van der Waals surface area contributed by atoms with E-state index in [1.807, 2.05) is 30.3 Å². The second kappa shape index (κ2) is 4.31. The SMILES string of the molecule is NC1C(O)CC(O)CC1c1ccccc1. The summed E-state index contributed by atoms with van der Waals surface area (Å²) in [5.41, 5.74) is 7.06. The van der Waals surface area contributed by atoms with Crippen molar-refractivity contribution in [2.45, 2.75) is 37.0 Å². The van der Waals surface area contributed by atoms with E-state index in [1.165, 1.54) is 0 Å². The number of nitrogens with two attached hydrogens (primary N) is 1. The zero-order chi connectivity index (χ0) is 10.8. The van der Waals surface area contributed by atoms with Gasteiger partial charge in [0.2, 0.25) is 0 Å². The van der Waals surface area contributed by atoms with Gasteiger partial charge < -0.3 is 15.9 Å². The lowest BCUT2D eigenvalue weighted by atomic mass is 9.77. The molecule has 1 fully saturated rings. The Labute approximate surface area is 89.5 Å². The van der Waals surface area contributed by atoms with Crippen molar-refractivity contribution in [1.29, 1.82) is 0 Å². The van der Waals surface area contributed by atoms with Crippen molar-refractivity contribution in [3.8, 4) is 0 Å². The summed E-state index contributed by atoms with van der Waals surface area (Å²) in [7, 11) is 0. The summed E-state index contributed by atoms with van der Waals surface area (Å²) < 4.78 is 0. The third kappa shape index (κ3) is 2.20. The first-order chi connectivity index (χ1) is 7.18. The first-order valence-electron chi connectivity index (χ1n) is 5.35. The monoisotopic (exact) mass is 207 g/mol. The minimum atomic E-state index is -0.598. The Kier molecular flexibility index (Phi) is 3.05. The number of benzene rings is 1. The smallest absolute Gasteiger partial charge is 0.0721 e. The number of hydrogen-bond donors (Lipinski definition) is 3. The van der Waals surface area contributed by atoms with E-state index in [9.17, 15) is 10.2 Å². The molecule has 0 aliphatic heterocycles. The number of rotatable bonds is 1. The maximum atomic E-state index is 9.69. The lowest BCUT2D eigenvalue weighted by Crippen LogP contribution is -2.47. The Bertz CT molecular complexity index is 315. The maximum Gasteiger partial charge on any atom is 0.0721 e. The topological polar surface area (TPSA) is 66.5 Å². The molecule has 4 N–H and O–H groups in total. The molecule has 1 aromatic carbocycles. The molecular formula is C12H17NO2. The standard InChI is InChI=1S/C12H17NO2/c13-12-10(6-9(14)7-11(12)15)8-4-2-1-3-5-8/h1-5,9-12,14-15H,6-7,13H2. The predicted octanol–water partition coefficient (Wildman–Crippen LogP) is 0.613. The van der Waals surface area contributed by atoms with Crippen molar-refractivity contribution in [3.05, 3.63) is 35.9 Å². The molecule has 3 heteroatoms. The van der Waals surface area contributed by atoms with Gasteiger partial charge in [0.15, 0.2) is 0 Å². The fraction of sp³-hybridized carbons (Fsp3) is 0.500. The van der Waals surface area contributed by atoms with Gasteiger partial charge in [-0.3, -0.25) is 0 Å². The summed E-state index contributed by atoms with van der Waals surface area (Å²) in [4.78, 5) is 0. The molecule has 0 amide bonds. The number of aliphatic hydroxyl groups excluding tert-OH is 2. The Balaban J connectivity index is 2.20. The van der Waals surface area contributed by atoms with E-state index in [4.69, 9.17) is 5.73 Å². The van der Waals surface area contributed by atoms with Crippen molar-refractivity contribution < 1.29 is 10.2 Å². The molecule has 0 bridgehead atoms. The van der Waals surface area contributed by atoms with E-state index in [0.29, 0.717) is 12.8 Å². The highest BCUT2D eigenvalue weighted by Crippen LogP contribution is 2.32. The molecule has 0 radical (unpaired) electrons. The van der Waals surface area contributed by atoms with Crippen molar-refractivity contribution in [2.75, 3.05) is 0 Å². The van der Waals surface area contributed by atoms with Crippen LogP contribution < -0.4 is 5.73 Å². The van der Waals surface area contributed by atoms with E-state index in [0.717, 1.165) is 5.56 Å². The van der Waals surface area contributed by atoms with E-state index >= 15 is 0 Å². The van der Waals surface area contributed by atoms with Crippen LogP contribution in [0.25, 0.3) is 0 Å². The molecule has 2 rings (SSSR count). The summed E-state index contributed by atoms with van der Waals surface area (Å²) in [6.07, 6.45) is -0.00353. The normalized spacial score (nSPS) is 36.5. The summed E-state index contributed by atoms with van der Waals surface area (Å²) in [6, 6.07) is 9.58. The first-order valence-corrected chi connectivity index (χ1v) is 5.35. The average molecular weight is 207 g/mol. The van der Waals surface area contributed by atoms with E-state index in [-0.39, 0.29) is 12.0 Å². The largest absolute Gasteiger partial charge is 0.393 e. The minimum absolute atomic E-state index is 0.0601. The van der Waals surface area contributed by atoms with E-state index < -0.39 is 12.2 Å². The summed E-state index contributed by atoms with van der Waals surface area (Å²) >= 11 is 0. The molecule has 82 valence electrons. The number of hydrogen-bond acceptors (Lipinski definition) is 3. The zero-order valence-corrected chi connectivity index (χ0v) is 8.58. The van der Waals surface area contributed by atoms with E-state index in [2.05, 4.69) is 0 Å². The molecule has 4 atom stereocenters. The van der Waals surface area contributed by atoms with Gasteiger partial charge in [-0.1, -0.05) is 30.3 Å². The summed E-state index contributed by atoms with van der Waals surface area (Å²) in [5.74, 6) is 0.0601. The molecule has 0 spiro atoms. The van der Waals surface area contributed by atoms with Crippen molar-refractivity contribution in [2.24, 2.45) is 5.73 Å². The Morgan fingerprint density at radius 2 is 1.73 bits per heavy atom. The molecular weight excluding hydrogens is 190 g/mol. The first kappa shape index (κ1) is 10.6. The molecule has 0 aromatic heterocycles. The predicted molar refractivity (Wildman–Crippen MR) is 58.4 cm³/mol. The molecule has 1 aliphatic carbocycles. The maximum absolute atomic E-state index is 9.69. The lowest BCUT2D eigenvalue weighted by Gasteiger charge is -2.35. The second-order valence-electron chi connectivity index (χ2n) is 4.29. The Morgan fingerprint density at radius 3 is 2.40 bits per heavy atom. The zero-order valence-electron chi connectivity index (χ0n) is 8.58. The van der Waals surface area contributed by atoms with Crippen LogP contribution in [0.5, 0.6) is 0 Å². The van der Waals surface area contributed by atoms with Crippen LogP contribution in [-0.2, 0) is 0 Å². The van der Waals surface area contributed by atoms with Crippen molar-refractivity contribution in [3.63, 3.8) is 0 Å². The molecule has 0 saturated heterocycles. The van der Waals surface area contributed by atoms with Crippen molar-refractivity contribution in [1.82, 2.24) is 0 Å². The van der Waals surface area contributed by atoms with Gasteiger partial charge in [-0.2, -0.15) is 0 Å². The average Bonchev–Trinajstić information content (AvgIpc) is 2.24. The molecule has 0 heterocycles. The van der Waals surface area contributed by atoms with E-state index in [1.54, 1.807) is 0 Å². The van der Waals surface area contributed by atoms with Crippen LogP contribution >= 0.6 is 0 Å². The number of aliphatic hydroxyl groups is 2. The second-order valence-corrected chi connectivity index (χ2v) is 4.29. The molecule has 15 heavy (non-hydrogen) atoms. The third-order valence-electron chi connectivity index (χ3n) is 3.18. The van der Waals surface area contributed by atoms with Crippen LogP contribution in [0.15, 0.2) is 30.3 Å². The van der Waals surface area contributed by atoms with Gasteiger partial charge in [0.25, 0.3) is 0 Å². The quantitative estimate of drug-likeness (QED) is 0.632. The van der Waals surface area contributed by atoms with Crippen LogP contribution in [0.2, 0.25) is 0 Å². The molecule has 4 unspecified atom stereocenters. The van der Waals surface area contributed by atoms with Crippen LogP contribution in [0.1, 0.15) is 24.3 Å². The highest BCUT2D eigenvalue weighted by atomic mass is 16.3. The van der Waals surface area contributed by atoms with Crippen LogP contribution in [0.3, 0.4) is 0 Å². The highest BCUT2D eigenvalue weighted by molar-refractivity contribution is 5.23. The van der Waals surface area contributed by atoms with Crippen LogP contribution in [-0.4, -0.2) is 28.5 Å². The Morgan fingerprint density at radius 1 is 1.07 bits per heavy atom. The lowest BCUT2D eigenvalue weighted by molar-refractivity contribution is 0.0163. The third-order valence-corrected chi connectivity index (χ3v) is 3.18. The van der Waals surface area contributed by atoms with Gasteiger partial charge in [-0.15, -0.1) is 0 Å². The Hall–Kier alpha value is -0.900. The van der Waals surface area contributed by atoms with Crippen molar-refractivity contribution >= 4 is 0 Å². The van der Waals surface area contributed by atoms with Gasteiger partial charge in [0, 0.05) is 18.4 Å². The minimum Gasteiger partial charge on any atom is -0.393 e. The van der Waals surface area contributed by atoms with Gasteiger partial charge in [-0.05, 0) is 12.0 Å². The summed E-state index contributed by atoms with van der Waals surface area (Å²) in [5, 5.41) is 19.3. The fourth-order valence-electron chi connectivity index (χ4n) is 2.31. The van der Waals surface area contributed by atoms with Gasteiger partial charge in [0.05, 0.1) is 12.2 Å². The van der Waals surface area contributed by atoms with Crippen LogP contribution in [0, 0.1) is 0 Å². The molecule has 1 aliphatic rings. The molecule has 1 aromatic rings.